The Balaban J connectivity index is 2.52. The van der Waals surface area contributed by atoms with Gasteiger partial charge in [0.05, 0.1) is 0 Å². The monoisotopic (exact) mass is 245 g/mol. The van der Waals surface area contributed by atoms with Crippen LogP contribution in [0, 0.1) is 13.8 Å². The SMILES string of the molecule is CCCn1c(CO)nnc1-c1ccc(C)cc1C. The molecule has 2 rings (SSSR count). The normalized spacial score (nSPS) is 10.9. The van der Waals surface area contributed by atoms with Gasteiger partial charge in [0.1, 0.15) is 6.61 Å². The first kappa shape index (κ1) is 12.8. The molecule has 0 spiro atoms. The van der Waals surface area contributed by atoms with Crippen molar-refractivity contribution >= 4 is 0 Å². The molecule has 1 aromatic heterocycles. The van der Waals surface area contributed by atoms with Gasteiger partial charge in [0.25, 0.3) is 0 Å². The molecule has 4 heteroatoms. The summed E-state index contributed by atoms with van der Waals surface area (Å²) in [6.45, 7) is 7.01. The van der Waals surface area contributed by atoms with Crippen LogP contribution in [-0.2, 0) is 13.2 Å². The van der Waals surface area contributed by atoms with E-state index in [-0.39, 0.29) is 6.61 Å². The molecule has 0 aliphatic rings. The Morgan fingerprint density at radius 3 is 2.61 bits per heavy atom. The van der Waals surface area contributed by atoms with Crippen LogP contribution in [0.15, 0.2) is 18.2 Å². The lowest BCUT2D eigenvalue weighted by molar-refractivity contribution is 0.264. The molecule has 0 fully saturated rings. The second-order valence-corrected chi connectivity index (χ2v) is 4.57. The predicted molar refractivity (Wildman–Crippen MR) is 71.1 cm³/mol. The number of benzene rings is 1. The number of hydrogen-bond donors (Lipinski definition) is 1. The van der Waals surface area contributed by atoms with Gasteiger partial charge in [0, 0.05) is 12.1 Å². The first-order valence-corrected chi connectivity index (χ1v) is 6.28. The van der Waals surface area contributed by atoms with Crippen LogP contribution in [0.5, 0.6) is 0 Å². The summed E-state index contributed by atoms with van der Waals surface area (Å²) < 4.78 is 2.00. The Bertz CT molecular complexity index is 546. The van der Waals surface area contributed by atoms with E-state index >= 15 is 0 Å². The molecule has 0 saturated heterocycles. The second kappa shape index (κ2) is 5.31. The molecule has 18 heavy (non-hydrogen) atoms. The van der Waals surface area contributed by atoms with Gasteiger partial charge < -0.3 is 9.67 Å². The molecule has 0 bridgehead atoms. The molecule has 0 aliphatic heterocycles. The Labute approximate surface area is 107 Å². The predicted octanol–water partition coefficient (Wildman–Crippen LogP) is 2.46. The van der Waals surface area contributed by atoms with Crippen molar-refractivity contribution in [3.8, 4) is 11.4 Å². The number of aliphatic hydroxyl groups excluding tert-OH is 1. The molecule has 0 unspecified atom stereocenters. The minimum atomic E-state index is -0.0715. The summed E-state index contributed by atoms with van der Waals surface area (Å²) >= 11 is 0. The van der Waals surface area contributed by atoms with Crippen molar-refractivity contribution in [1.82, 2.24) is 14.8 Å². The molecule has 1 heterocycles. The number of nitrogens with zero attached hydrogens (tertiary/aromatic N) is 3. The number of aromatic nitrogens is 3. The van der Waals surface area contributed by atoms with Crippen molar-refractivity contribution in [3.05, 3.63) is 35.2 Å². The summed E-state index contributed by atoms with van der Waals surface area (Å²) in [6, 6.07) is 6.28. The summed E-state index contributed by atoms with van der Waals surface area (Å²) in [5.41, 5.74) is 3.51. The lowest BCUT2D eigenvalue weighted by Gasteiger charge is -2.10. The van der Waals surface area contributed by atoms with Crippen LogP contribution in [0.1, 0.15) is 30.3 Å². The van der Waals surface area contributed by atoms with Crippen LogP contribution in [-0.4, -0.2) is 19.9 Å². The Hall–Kier alpha value is -1.68. The van der Waals surface area contributed by atoms with Crippen molar-refractivity contribution in [3.63, 3.8) is 0 Å². The van der Waals surface area contributed by atoms with E-state index in [1.54, 1.807) is 0 Å². The third-order valence-corrected chi connectivity index (χ3v) is 3.04. The maximum atomic E-state index is 9.30. The van der Waals surface area contributed by atoms with Crippen LogP contribution in [0.4, 0.5) is 0 Å². The van der Waals surface area contributed by atoms with E-state index in [1.807, 2.05) is 4.57 Å². The standard InChI is InChI=1S/C14H19N3O/c1-4-7-17-13(9-18)15-16-14(17)12-6-5-10(2)8-11(12)3/h5-6,8,18H,4,7,9H2,1-3H3. The van der Waals surface area contributed by atoms with Gasteiger partial charge in [-0.3, -0.25) is 0 Å². The third-order valence-electron chi connectivity index (χ3n) is 3.04. The molecular weight excluding hydrogens is 226 g/mol. The van der Waals surface area contributed by atoms with E-state index in [1.165, 1.54) is 11.1 Å². The largest absolute Gasteiger partial charge is 0.388 e. The summed E-state index contributed by atoms with van der Waals surface area (Å²) in [4.78, 5) is 0. The van der Waals surface area contributed by atoms with E-state index in [0.717, 1.165) is 24.4 Å². The molecule has 1 N–H and O–H groups in total. The molecule has 2 aromatic rings. The summed E-state index contributed by atoms with van der Waals surface area (Å²) in [5.74, 6) is 1.48. The van der Waals surface area contributed by atoms with Crippen molar-refractivity contribution < 1.29 is 5.11 Å². The molecule has 4 nitrogen and oxygen atoms in total. The highest BCUT2D eigenvalue weighted by atomic mass is 16.3. The number of rotatable bonds is 4. The van der Waals surface area contributed by atoms with Gasteiger partial charge in [0.15, 0.2) is 11.6 Å². The van der Waals surface area contributed by atoms with Crippen molar-refractivity contribution in [2.24, 2.45) is 0 Å². The average molecular weight is 245 g/mol. The maximum Gasteiger partial charge on any atom is 0.164 e. The summed E-state index contributed by atoms with van der Waals surface area (Å²) in [5, 5.41) is 17.6. The van der Waals surface area contributed by atoms with Crippen molar-refractivity contribution in [1.29, 1.82) is 0 Å². The second-order valence-electron chi connectivity index (χ2n) is 4.57. The highest BCUT2D eigenvalue weighted by Crippen LogP contribution is 2.23. The van der Waals surface area contributed by atoms with Crippen LogP contribution < -0.4 is 0 Å². The summed E-state index contributed by atoms with van der Waals surface area (Å²) in [6.07, 6.45) is 0.989. The highest BCUT2D eigenvalue weighted by molar-refractivity contribution is 5.61. The van der Waals surface area contributed by atoms with Gasteiger partial charge in [-0.1, -0.05) is 30.7 Å². The van der Waals surface area contributed by atoms with Gasteiger partial charge in [-0.25, -0.2) is 0 Å². The van der Waals surface area contributed by atoms with Crippen LogP contribution >= 0.6 is 0 Å². The Morgan fingerprint density at radius 2 is 2.00 bits per heavy atom. The van der Waals surface area contributed by atoms with E-state index in [4.69, 9.17) is 0 Å². The first-order valence-electron chi connectivity index (χ1n) is 6.28. The van der Waals surface area contributed by atoms with Crippen LogP contribution in [0.3, 0.4) is 0 Å². The fraction of sp³-hybridized carbons (Fsp3) is 0.429. The molecule has 0 radical (unpaired) electrons. The molecule has 0 saturated carbocycles. The molecule has 0 aliphatic carbocycles. The zero-order chi connectivity index (χ0) is 13.1. The van der Waals surface area contributed by atoms with E-state index in [0.29, 0.717) is 5.82 Å². The van der Waals surface area contributed by atoms with E-state index < -0.39 is 0 Å². The molecule has 1 aromatic carbocycles. The zero-order valence-electron chi connectivity index (χ0n) is 11.1. The lowest BCUT2D eigenvalue weighted by Crippen LogP contribution is -2.05. The van der Waals surface area contributed by atoms with Gasteiger partial charge in [-0.2, -0.15) is 0 Å². The molecule has 96 valence electrons. The fourth-order valence-corrected chi connectivity index (χ4v) is 2.17. The number of hydrogen-bond acceptors (Lipinski definition) is 3. The number of aryl methyl sites for hydroxylation is 2. The van der Waals surface area contributed by atoms with Crippen LogP contribution in [0.2, 0.25) is 0 Å². The molecule has 0 amide bonds. The molecule has 0 atom stereocenters. The van der Waals surface area contributed by atoms with E-state index in [2.05, 4.69) is 49.2 Å². The Kier molecular flexibility index (Phi) is 3.77. The smallest absolute Gasteiger partial charge is 0.164 e. The van der Waals surface area contributed by atoms with Crippen molar-refractivity contribution in [2.75, 3.05) is 0 Å². The van der Waals surface area contributed by atoms with Gasteiger partial charge in [0.2, 0.25) is 0 Å². The highest BCUT2D eigenvalue weighted by Gasteiger charge is 2.14. The quantitative estimate of drug-likeness (QED) is 0.900. The minimum absolute atomic E-state index is 0.0715. The van der Waals surface area contributed by atoms with Gasteiger partial charge in [-0.15, -0.1) is 10.2 Å². The fourth-order valence-electron chi connectivity index (χ4n) is 2.17. The topological polar surface area (TPSA) is 50.9 Å². The average Bonchev–Trinajstić information content (AvgIpc) is 2.73. The van der Waals surface area contributed by atoms with E-state index in [9.17, 15) is 5.11 Å². The maximum absolute atomic E-state index is 9.30. The third kappa shape index (κ3) is 2.29. The number of aliphatic hydroxyl groups is 1. The lowest BCUT2D eigenvalue weighted by atomic mass is 10.1. The summed E-state index contributed by atoms with van der Waals surface area (Å²) in [7, 11) is 0. The van der Waals surface area contributed by atoms with Crippen LogP contribution in [0.25, 0.3) is 11.4 Å². The van der Waals surface area contributed by atoms with Crippen molar-refractivity contribution in [2.45, 2.75) is 40.3 Å². The first-order chi connectivity index (χ1) is 8.67. The zero-order valence-corrected chi connectivity index (χ0v) is 11.1. The van der Waals surface area contributed by atoms with Gasteiger partial charge in [-0.05, 0) is 25.8 Å². The van der Waals surface area contributed by atoms with Gasteiger partial charge >= 0.3 is 0 Å². The minimum Gasteiger partial charge on any atom is -0.388 e. The Morgan fingerprint density at radius 1 is 1.22 bits per heavy atom. The molecular formula is C14H19N3O.